The zero-order valence-electron chi connectivity index (χ0n) is 13.4. The first kappa shape index (κ1) is 15.4. The predicted octanol–water partition coefficient (Wildman–Crippen LogP) is 1.87. The van der Waals surface area contributed by atoms with Crippen LogP contribution in [0.15, 0.2) is 0 Å². The molecule has 0 spiro atoms. The zero-order chi connectivity index (χ0) is 14.5. The molecule has 1 aliphatic rings. The Labute approximate surface area is 122 Å². The van der Waals surface area contributed by atoms with E-state index in [9.17, 15) is 0 Å². The van der Waals surface area contributed by atoms with Gasteiger partial charge in [0.1, 0.15) is 11.6 Å². The molecule has 0 saturated carbocycles. The van der Waals surface area contributed by atoms with E-state index >= 15 is 0 Å². The van der Waals surface area contributed by atoms with E-state index in [2.05, 4.69) is 45.9 Å². The van der Waals surface area contributed by atoms with E-state index in [0.717, 1.165) is 24.7 Å². The van der Waals surface area contributed by atoms with Crippen LogP contribution in [0.5, 0.6) is 0 Å². The van der Waals surface area contributed by atoms with Gasteiger partial charge in [0, 0.05) is 19.1 Å². The molecule has 114 valence electrons. The third-order valence-electron chi connectivity index (χ3n) is 4.48. The molecule has 20 heavy (non-hydrogen) atoms. The van der Waals surface area contributed by atoms with Crippen LogP contribution in [0, 0.1) is 6.92 Å². The first-order valence-corrected chi connectivity index (χ1v) is 7.95. The molecular formula is C15H29N5. The van der Waals surface area contributed by atoms with Gasteiger partial charge in [0.15, 0.2) is 0 Å². The maximum atomic E-state index is 4.32. The highest BCUT2D eigenvalue weighted by Crippen LogP contribution is 2.21. The van der Waals surface area contributed by atoms with Gasteiger partial charge in [0.05, 0.1) is 6.54 Å². The lowest BCUT2D eigenvalue weighted by molar-refractivity contribution is 0.108. The van der Waals surface area contributed by atoms with Crippen LogP contribution in [0.25, 0.3) is 0 Å². The van der Waals surface area contributed by atoms with Crippen molar-refractivity contribution in [2.45, 2.75) is 65.1 Å². The van der Waals surface area contributed by atoms with Crippen LogP contribution in [0.2, 0.25) is 0 Å². The van der Waals surface area contributed by atoms with Crippen molar-refractivity contribution in [2.75, 3.05) is 13.1 Å². The fourth-order valence-electron chi connectivity index (χ4n) is 3.06. The Balaban J connectivity index is 2.01. The van der Waals surface area contributed by atoms with Crippen molar-refractivity contribution >= 4 is 0 Å². The summed E-state index contributed by atoms with van der Waals surface area (Å²) in [5.74, 6) is 2.07. The molecule has 0 amide bonds. The van der Waals surface area contributed by atoms with Crippen molar-refractivity contribution in [3.05, 3.63) is 11.6 Å². The van der Waals surface area contributed by atoms with Gasteiger partial charge in [-0.25, -0.2) is 0 Å². The average molecular weight is 279 g/mol. The Kier molecular flexibility index (Phi) is 5.54. The number of likely N-dealkylation sites (tertiary alicyclic amines) is 1. The average Bonchev–Trinajstić information content (AvgIpc) is 2.77. The molecule has 2 rings (SSSR count). The van der Waals surface area contributed by atoms with Crippen LogP contribution in [0.4, 0.5) is 0 Å². The van der Waals surface area contributed by atoms with E-state index in [1.165, 1.54) is 32.2 Å². The summed E-state index contributed by atoms with van der Waals surface area (Å²) in [5, 5.41) is 12.1. The molecule has 2 unspecified atom stereocenters. The minimum atomic E-state index is 0.546. The number of nitrogens with one attached hydrogen (secondary N) is 1. The number of rotatable bonds is 6. The summed E-state index contributed by atoms with van der Waals surface area (Å²) in [6, 6.07) is 1.16. The van der Waals surface area contributed by atoms with Crippen molar-refractivity contribution < 1.29 is 0 Å². The van der Waals surface area contributed by atoms with Gasteiger partial charge in [-0.2, -0.15) is 0 Å². The number of piperidine rings is 1. The molecule has 2 heterocycles. The van der Waals surface area contributed by atoms with E-state index < -0.39 is 0 Å². The zero-order valence-corrected chi connectivity index (χ0v) is 13.4. The highest BCUT2D eigenvalue weighted by Gasteiger charge is 2.28. The normalized spacial score (nSPS) is 22.1. The van der Waals surface area contributed by atoms with Crippen molar-refractivity contribution in [3.63, 3.8) is 0 Å². The van der Waals surface area contributed by atoms with Gasteiger partial charge in [-0.15, -0.1) is 10.2 Å². The second-order valence-corrected chi connectivity index (χ2v) is 6.00. The fourth-order valence-corrected chi connectivity index (χ4v) is 3.06. The van der Waals surface area contributed by atoms with E-state index in [1.807, 2.05) is 6.92 Å². The first-order chi connectivity index (χ1) is 9.63. The van der Waals surface area contributed by atoms with Gasteiger partial charge in [-0.1, -0.05) is 13.3 Å². The van der Waals surface area contributed by atoms with Crippen LogP contribution in [-0.2, 0) is 13.6 Å². The Bertz CT molecular complexity index is 414. The summed E-state index contributed by atoms with van der Waals surface area (Å²) in [5.41, 5.74) is 0. The molecule has 5 nitrogen and oxygen atoms in total. The third-order valence-corrected chi connectivity index (χ3v) is 4.48. The molecular weight excluding hydrogens is 250 g/mol. The largest absolute Gasteiger partial charge is 0.317 e. The molecule has 1 aromatic rings. The van der Waals surface area contributed by atoms with Gasteiger partial charge in [-0.3, -0.25) is 4.90 Å². The van der Waals surface area contributed by atoms with Crippen molar-refractivity contribution in [1.82, 2.24) is 25.0 Å². The Morgan fingerprint density at radius 2 is 2.15 bits per heavy atom. The topological polar surface area (TPSA) is 46.0 Å². The molecule has 2 atom stereocenters. The van der Waals surface area contributed by atoms with E-state index in [0.29, 0.717) is 12.1 Å². The summed E-state index contributed by atoms with van der Waals surface area (Å²) >= 11 is 0. The number of hydrogen-bond donors (Lipinski definition) is 1. The maximum Gasteiger partial charge on any atom is 0.146 e. The number of aromatic nitrogens is 3. The minimum Gasteiger partial charge on any atom is -0.317 e. The summed E-state index contributed by atoms with van der Waals surface area (Å²) in [7, 11) is 2.06. The van der Waals surface area contributed by atoms with Gasteiger partial charge in [0.2, 0.25) is 0 Å². The Hall–Kier alpha value is -0.940. The Morgan fingerprint density at radius 3 is 2.80 bits per heavy atom. The lowest BCUT2D eigenvalue weighted by Crippen LogP contribution is -2.51. The van der Waals surface area contributed by atoms with Gasteiger partial charge in [0.25, 0.3) is 0 Å². The molecule has 1 saturated heterocycles. The van der Waals surface area contributed by atoms with E-state index in [4.69, 9.17) is 0 Å². The highest BCUT2D eigenvalue weighted by atomic mass is 15.3. The first-order valence-electron chi connectivity index (χ1n) is 7.95. The second kappa shape index (κ2) is 7.18. The lowest BCUT2D eigenvalue weighted by atomic mass is 9.96. The van der Waals surface area contributed by atoms with Crippen LogP contribution < -0.4 is 5.32 Å². The molecule has 0 bridgehead atoms. The SMILES string of the molecule is CCCNC(C)C1CCCCN1Cc1nnc(C)n1C. The van der Waals surface area contributed by atoms with Crippen LogP contribution in [-0.4, -0.2) is 44.8 Å². The summed E-state index contributed by atoms with van der Waals surface area (Å²) in [4.78, 5) is 2.58. The van der Waals surface area contributed by atoms with Crippen LogP contribution >= 0.6 is 0 Å². The van der Waals surface area contributed by atoms with Crippen molar-refractivity contribution in [3.8, 4) is 0 Å². The number of nitrogens with zero attached hydrogens (tertiary/aromatic N) is 4. The Morgan fingerprint density at radius 1 is 1.35 bits per heavy atom. The van der Waals surface area contributed by atoms with Crippen molar-refractivity contribution in [2.24, 2.45) is 7.05 Å². The summed E-state index contributed by atoms with van der Waals surface area (Å²) in [6.07, 6.45) is 5.12. The summed E-state index contributed by atoms with van der Waals surface area (Å²) in [6.45, 7) is 9.75. The molecule has 5 heteroatoms. The van der Waals surface area contributed by atoms with E-state index in [1.54, 1.807) is 0 Å². The number of hydrogen-bond acceptors (Lipinski definition) is 4. The van der Waals surface area contributed by atoms with Gasteiger partial charge in [-0.05, 0) is 46.2 Å². The van der Waals surface area contributed by atoms with Gasteiger partial charge >= 0.3 is 0 Å². The molecule has 1 fully saturated rings. The second-order valence-electron chi connectivity index (χ2n) is 6.00. The van der Waals surface area contributed by atoms with Crippen molar-refractivity contribution in [1.29, 1.82) is 0 Å². The van der Waals surface area contributed by atoms with Crippen LogP contribution in [0.1, 0.15) is 51.2 Å². The lowest BCUT2D eigenvalue weighted by Gasteiger charge is -2.39. The standard InChI is InChI=1S/C15H29N5/c1-5-9-16-12(2)14-8-6-7-10-20(14)11-15-18-17-13(3)19(15)4/h12,14,16H,5-11H2,1-4H3. The summed E-state index contributed by atoms with van der Waals surface area (Å²) < 4.78 is 2.11. The molecule has 1 aromatic heterocycles. The van der Waals surface area contributed by atoms with Crippen LogP contribution in [0.3, 0.4) is 0 Å². The van der Waals surface area contributed by atoms with Gasteiger partial charge < -0.3 is 9.88 Å². The quantitative estimate of drug-likeness (QED) is 0.863. The molecule has 1 N–H and O–H groups in total. The molecule has 0 aromatic carbocycles. The fraction of sp³-hybridized carbons (Fsp3) is 0.867. The molecule has 1 aliphatic heterocycles. The minimum absolute atomic E-state index is 0.546. The van der Waals surface area contributed by atoms with E-state index in [-0.39, 0.29) is 0 Å². The predicted molar refractivity (Wildman–Crippen MR) is 81.5 cm³/mol. The monoisotopic (exact) mass is 279 g/mol. The molecule has 0 radical (unpaired) electrons. The molecule has 0 aliphatic carbocycles. The highest BCUT2D eigenvalue weighted by molar-refractivity contribution is 4.95. The smallest absolute Gasteiger partial charge is 0.146 e. The third kappa shape index (κ3) is 3.58. The number of aryl methyl sites for hydroxylation is 1. The maximum absolute atomic E-state index is 4.32.